The van der Waals surface area contributed by atoms with Gasteiger partial charge in [-0.3, -0.25) is 0 Å². The number of thiazole rings is 1. The topological polar surface area (TPSA) is 37.0 Å². The lowest BCUT2D eigenvalue weighted by molar-refractivity contribution is 0.559. The summed E-state index contributed by atoms with van der Waals surface area (Å²) in [4.78, 5) is 6.29. The fourth-order valence-corrected chi connectivity index (χ4v) is 4.58. The molecule has 0 radical (unpaired) electrons. The van der Waals surface area contributed by atoms with Crippen molar-refractivity contribution in [3.05, 3.63) is 40.9 Å². The number of benzene rings is 1. The minimum Gasteiger partial charge on any atom is -0.332 e. The predicted octanol–water partition coefficient (Wildman–Crippen LogP) is 6.17. The van der Waals surface area contributed by atoms with Crippen LogP contribution in [0.15, 0.2) is 30.3 Å². The van der Waals surface area contributed by atoms with Crippen molar-refractivity contribution in [1.29, 1.82) is 0 Å². The van der Waals surface area contributed by atoms with Crippen LogP contribution >= 0.6 is 23.6 Å². The van der Waals surface area contributed by atoms with Crippen molar-refractivity contribution < 1.29 is 0 Å². The average Bonchev–Trinajstić information content (AvgIpc) is 2.97. The summed E-state index contributed by atoms with van der Waals surface area (Å²) in [6, 6.07) is 10.0. The van der Waals surface area contributed by atoms with Gasteiger partial charge in [0.2, 0.25) is 0 Å². The highest BCUT2D eigenvalue weighted by Gasteiger charge is 2.12. The summed E-state index contributed by atoms with van der Waals surface area (Å²) in [6.07, 6.45) is 13.0. The maximum atomic E-state index is 5.44. The normalized spacial score (nSPS) is 16.2. The largest absolute Gasteiger partial charge is 0.332 e. The molecule has 0 amide bonds. The number of fused-ring (bicyclic) bond motifs is 1. The van der Waals surface area contributed by atoms with Gasteiger partial charge in [0.1, 0.15) is 0 Å². The van der Waals surface area contributed by atoms with Crippen LogP contribution < -0.4 is 10.6 Å². The highest BCUT2D eigenvalue weighted by atomic mass is 32.1. The second kappa shape index (κ2) is 9.88. The molecule has 2 aromatic rings. The molecule has 5 heteroatoms. The Bertz CT molecular complexity index is 637. The molecule has 0 fully saturated rings. The molecular formula is C20H27N3S2. The molecule has 0 bridgehead atoms. The van der Waals surface area contributed by atoms with Crippen LogP contribution in [0.3, 0.4) is 0 Å². The number of para-hydroxylation sites is 1. The number of nitrogens with zero attached hydrogens (tertiary/aromatic N) is 1. The predicted molar refractivity (Wildman–Crippen MR) is 113 cm³/mol. The zero-order valence-electron chi connectivity index (χ0n) is 14.7. The van der Waals surface area contributed by atoms with Crippen molar-refractivity contribution in [3.8, 4) is 0 Å². The monoisotopic (exact) mass is 373 g/mol. The quantitative estimate of drug-likeness (QED) is 0.617. The van der Waals surface area contributed by atoms with E-state index in [1.807, 2.05) is 30.3 Å². The van der Waals surface area contributed by atoms with Crippen molar-refractivity contribution in [2.45, 2.75) is 64.2 Å². The first-order valence-corrected chi connectivity index (χ1v) is 10.7. The Morgan fingerprint density at radius 1 is 0.840 bits per heavy atom. The lowest BCUT2D eigenvalue weighted by Crippen LogP contribution is -2.18. The van der Waals surface area contributed by atoms with Gasteiger partial charge < -0.3 is 10.6 Å². The Kier molecular flexibility index (Phi) is 7.24. The number of anilines is 2. The zero-order chi connectivity index (χ0) is 17.3. The van der Waals surface area contributed by atoms with Gasteiger partial charge in [-0.05, 0) is 50.0 Å². The summed E-state index contributed by atoms with van der Waals surface area (Å²) < 4.78 is 0. The standard InChI is InChI=1S/C20H27N3S2/c24-19(21-16-12-8-7-9-13-16)23-20-22-17-14-10-5-3-1-2-4-6-11-15-18(17)25-20/h7-9,12-13H,1-6,10-11,14-15H2,(H2,21,22,23,24). The Labute approximate surface area is 160 Å². The lowest BCUT2D eigenvalue weighted by Gasteiger charge is -2.07. The van der Waals surface area contributed by atoms with Gasteiger partial charge >= 0.3 is 0 Å². The van der Waals surface area contributed by atoms with Gasteiger partial charge in [-0.15, -0.1) is 11.3 Å². The summed E-state index contributed by atoms with van der Waals surface area (Å²) in [5, 5.41) is 8.02. The van der Waals surface area contributed by atoms with E-state index in [0.29, 0.717) is 5.11 Å². The van der Waals surface area contributed by atoms with Crippen LogP contribution in [0.4, 0.5) is 10.8 Å². The molecule has 0 spiro atoms. The zero-order valence-corrected chi connectivity index (χ0v) is 16.4. The fraction of sp³-hybridized carbons (Fsp3) is 0.500. The maximum Gasteiger partial charge on any atom is 0.189 e. The molecular weight excluding hydrogens is 346 g/mol. The van der Waals surface area contributed by atoms with Gasteiger partial charge in [0, 0.05) is 10.6 Å². The van der Waals surface area contributed by atoms with Crippen LogP contribution in [0, 0.1) is 0 Å². The van der Waals surface area contributed by atoms with E-state index < -0.39 is 0 Å². The summed E-state index contributed by atoms with van der Waals surface area (Å²) in [5.41, 5.74) is 2.28. The molecule has 0 saturated carbocycles. The molecule has 1 aliphatic carbocycles. The molecule has 2 N–H and O–H groups in total. The van der Waals surface area contributed by atoms with E-state index in [-0.39, 0.29) is 0 Å². The van der Waals surface area contributed by atoms with Crippen molar-refractivity contribution >= 4 is 39.5 Å². The van der Waals surface area contributed by atoms with Crippen LogP contribution in [-0.4, -0.2) is 10.1 Å². The van der Waals surface area contributed by atoms with E-state index in [9.17, 15) is 0 Å². The van der Waals surface area contributed by atoms with Gasteiger partial charge in [-0.1, -0.05) is 56.7 Å². The van der Waals surface area contributed by atoms with Gasteiger partial charge in [0.15, 0.2) is 10.2 Å². The maximum absolute atomic E-state index is 5.44. The molecule has 0 aliphatic heterocycles. The first kappa shape index (κ1) is 18.3. The van der Waals surface area contributed by atoms with Crippen LogP contribution in [-0.2, 0) is 12.8 Å². The number of aromatic nitrogens is 1. The Hall–Kier alpha value is -1.46. The van der Waals surface area contributed by atoms with E-state index in [2.05, 4.69) is 10.6 Å². The van der Waals surface area contributed by atoms with E-state index in [4.69, 9.17) is 17.2 Å². The highest BCUT2D eigenvalue weighted by Crippen LogP contribution is 2.27. The van der Waals surface area contributed by atoms with Crippen molar-refractivity contribution in [3.63, 3.8) is 0 Å². The van der Waals surface area contributed by atoms with Crippen LogP contribution in [0.25, 0.3) is 0 Å². The van der Waals surface area contributed by atoms with Gasteiger partial charge in [-0.25, -0.2) is 4.98 Å². The van der Waals surface area contributed by atoms with Gasteiger partial charge in [0.25, 0.3) is 0 Å². The van der Waals surface area contributed by atoms with E-state index in [0.717, 1.165) is 23.7 Å². The van der Waals surface area contributed by atoms with Crippen molar-refractivity contribution in [2.75, 3.05) is 10.6 Å². The fourth-order valence-electron chi connectivity index (χ4n) is 3.25. The number of thiocarbonyl (C=S) groups is 1. The molecule has 1 aromatic carbocycles. The molecule has 1 aromatic heterocycles. The molecule has 0 saturated heterocycles. The molecule has 3 nitrogen and oxygen atoms in total. The third kappa shape index (κ3) is 6.08. The lowest BCUT2D eigenvalue weighted by atomic mass is 10.0. The number of aryl methyl sites for hydroxylation is 2. The highest BCUT2D eigenvalue weighted by molar-refractivity contribution is 7.80. The number of hydrogen-bond acceptors (Lipinski definition) is 3. The van der Waals surface area contributed by atoms with Crippen LogP contribution in [0.1, 0.15) is 61.9 Å². The Morgan fingerprint density at radius 2 is 1.48 bits per heavy atom. The van der Waals surface area contributed by atoms with Gasteiger partial charge in [0.05, 0.1) is 5.69 Å². The smallest absolute Gasteiger partial charge is 0.189 e. The summed E-state index contributed by atoms with van der Waals surface area (Å²) in [6.45, 7) is 0. The summed E-state index contributed by atoms with van der Waals surface area (Å²) in [7, 11) is 0. The minimum absolute atomic E-state index is 0.607. The molecule has 3 rings (SSSR count). The van der Waals surface area contributed by atoms with Crippen LogP contribution in [0.2, 0.25) is 0 Å². The summed E-state index contributed by atoms with van der Waals surface area (Å²) in [5.74, 6) is 0. The Morgan fingerprint density at radius 3 is 2.20 bits per heavy atom. The number of hydrogen-bond donors (Lipinski definition) is 2. The first-order valence-electron chi connectivity index (χ1n) is 9.43. The second-order valence-corrected chi connectivity index (χ2v) is 8.15. The molecule has 1 heterocycles. The summed E-state index contributed by atoms with van der Waals surface area (Å²) >= 11 is 7.21. The molecule has 25 heavy (non-hydrogen) atoms. The van der Waals surface area contributed by atoms with E-state index in [1.54, 1.807) is 11.3 Å². The average molecular weight is 374 g/mol. The van der Waals surface area contributed by atoms with Crippen molar-refractivity contribution in [2.24, 2.45) is 0 Å². The first-order chi connectivity index (χ1) is 12.3. The number of nitrogens with one attached hydrogen (secondary N) is 2. The molecule has 134 valence electrons. The Balaban J connectivity index is 1.62. The van der Waals surface area contributed by atoms with E-state index >= 15 is 0 Å². The molecule has 0 unspecified atom stereocenters. The van der Waals surface area contributed by atoms with Crippen LogP contribution in [0.5, 0.6) is 0 Å². The minimum atomic E-state index is 0.607. The number of rotatable bonds is 2. The van der Waals surface area contributed by atoms with Crippen molar-refractivity contribution in [1.82, 2.24) is 4.98 Å². The van der Waals surface area contributed by atoms with Gasteiger partial charge in [-0.2, -0.15) is 0 Å². The van der Waals surface area contributed by atoms with E-state index in [1.165, 1.54) is 61.9 Å². The third-order valence-electron chi connectivity index (χ3n) is 4.60. The SMILES string of the molecule is S=C(Nc1ccccc1)Nc1nc2c(s1)CCCCCCCCCC2. The molecule has 0 atom stereocenters. The molecule has 1 aliphatic rings. The third-order valence-corrected chi connectivity index (χ3v) is 5.87. The second-order valence-electron chi connectivity index (χ2n) is 6.66.